The zero-order chi connectivity index (χ0) is 9.97. The van der Waals surface area contributed by atoms with Crippen molar-refractivity contribution in [3.05, 3.63) is 18.3 Å². The molecule has 1 unspecified atom stereocenters. The molecule has 5 heteroatoms. The normalized spacial score (nSPS) is 22.4. The van der Waals surface area contributed by atoms with Crippen LogP contribution in [-0.4, -0.2) is 29.2 Å². The first-order chi connectivity index (χ1) is 6.77. The first-order valence-electron chi connectivity index (χ1n) is 4.62. The van der Waals surface area contributed by atoms with Gasteiger partial charge < -0.3 is 4.90 Å². The molecule has 1 fully saturated rings. The van der Waals surface area contributed by atoms with Crippen LogP contribution in [0.3, 0.4) is 0 Å². The number of rotatable bonds is 1. The minimum atomic E-state index is -0.877. The lowest BCUT2D eigenvalue weighted by Gasteiger charge is -2.29. The van der Waals surface area contributed by atoms with Gasteiger partial charge in [-0.1, -0.05) is 0 Å². The summed E-state index contributed by atoms with van der Waals surface area (Å²) in [6, 6.07) is 0. The highest BCUT2D eigenvalue weighted by molar-refractivity contribution is 5.38. The maximum atomic E-state index is 13.2. The Morgan fingerprint density at radius 3 is 3.07 bits per heavy atom. The molecule has 0 N–H and O–H groups in total. The molecule has 0 saturated carbocycles. The Bertz CT molecular complexity index is 319. The van der Waals surface area contributed by atoms with Crippen LogP contribution in [0.5, 0.6) is 0 Å². The van der Waals surface area contributed by atoms with Gasteiger partial charge in [0.25, 0.3) is 0 Å². The van der Waals surface area contributed by atoms with Crippen molar-refractivity contribution in [2.75, 3.05) is 18.0 Å². The molecule has 3 nitrogen and oxygen atoms in total. The average molecular weight is 199 g/mol. The van der Waals surface area contributed by atoms with Gasteiger partial charge in [0, 0.05) is 6.54 Å². The zero-order valence-electron chi connectivity index (χ0n) is 7.66. The predicted octanol–water partition coefficient (Wildman–Crippen LogP) is 1.55. The van der Waals surface area contributed by atoms with Gasteiger partial charge in [0.05, 0.1) is 12.7 Å². The van der Waals surface area contributed by atoms with Crippen molar-refractivity contribution in [3.8, 4) is 0 Å². The molecule has 2 heterocycles. The number of nitrogens with zero attached hydrogens (tertiary/aromatic N) is 3. The first-order valence-corrected chi connectivity index (χ1v) is 4.62. The third-order valence-corrected chi connectivity index (χ3v) is 2.31. The van der Waals surface area contributed by atoms with Crippen LogP contribution in [0.2, 0.25) is 0 Å². The van der Waals surface area contributed by atoms with Crippen LogP contribution in [0, 0.1) is 5.82 Å². The van der Waals surface area contributed by atoms with Gasteiger partial charge in [-0.05, 0) is 12.8 Å². The van der Waals surface area contributed by atoms with Crippen LogP contribution in [0.25, 0.3) is 0 Å². The quantitative estimate of drug-likeness (QED) is 0.687. The van der Waals surface area contributed by atoms with Crippen LogP contribution < -0.4 is 4.90 Å². The van der Waals surface area contributed by atoms with Gasteiger partial charge in [0.15, 0.2) is 11.6 Å². The van der Waals surface area contributed by atoms with Crippen LogP contribution >= 0.6 is 0 Å². The van der Waals surface area contributed by atoms with Gasteiger partial charge in [-0.3, -0.25) is 0 Å². The fourth-order valence-corrected chi connectivity index (χ4v) is 1.66. The standard InChI is InChI=1S/C9H11F2N3/c10-7-2-1-3-14(5-7)9-8(11)4-12-6-13-9/h4,6-7H,1-3,5H2. The van der Waals surface area contributed by atoms with E-state index in [1.165, 1.54) is 6.33 Å². The average Bonchev–Trinajstić information content (AvgIpc) is 2.18. The van der Waals surface area contributed by atoms with Crippen molar-refractivity contribution in [2.45, 2.75) is 19.0 Å². The summed E-state index contributed by atoms with van der Waals surface area (Å²) in [5.74, 6) is -0.274. The molecule has 1 aliphatic rings. The monoisotopic (exact) mass is 199 g/mol. The zero-order valence-corrected chi connectivity index (χ0v) is 7.66. The smallest absolute Gasteiger partial charge is 0.183 e. The molecule has 76 valence electrons. The summed E-state index contributed by atoms with van der Waals surface area (Å²) in [7, 11) is 0. The second kappa shape index (κ2) is 3.86. The van der Waals surface area contributed by atoms with Gasteiger partial charge in [-0.2, -0.15) is 0 Å². The molecular formula is C9H11F2N3. The van der Waals surface area contributed by atoms with E-state index in [2.05, 4.69) is 9.97 Å². The molecule has 1 saturated heterocycles. The van der Waals surface area contributed by atoms with E-state index in [1.54, 1.807) is 4.90 Å². The fraction of sp³-hybridized carbons (Fsp3) is 0.556. The molecule has 0 bridgehead atoms. The number of hydrogen-bond donors (Lipinski definition) is 0. The minimum absolute atomic E-state index is 0.211. The van der Waals surface area contributed by atoms with Gasteiger partial charge in [-0.15, -0.1) is 0 Å². The number of hydrogen-bond acceptors (Lipinski definition) is 3. The van der Waals surface area contributed by atoms with Crippen molar-refractivity contribution < 1.29 is 8.78 Å². The number of piperidine rings is 1. The molecule has 1 aromatic heterocycles. The van der Waals surface area contributed by atoms with Gasteiger partial charge in [0.1, 0.15) is 12.5 Å². The van der Waals surface area contributed by atoms with Crippen LogP contribution in [0.15, 0.2) is 12.5 Å². The van der Waals surface area contributed by atoms with E-state index in [4.69, 9.17) is 0 Å². The topological polar surface area (TPSA) is 29.0 Å². The van der Waals surface area contributed by atoms with E-state index >= 15 is 0 Å². The summed E-state index contributed by atoms with van der Waals surface area (Å²) < 4.78 is 26.3. The second-order valence-electron chi connectivity index (χ2n) is 3.38. The molecular weight excluding hydrogens is 188 g/mol. The Morgan fingerprint density at radius 2 is 2.36 bits per heavy atom. The lowest BCUT2D eigenvalue weighted by molar-refractivity contribution is 0.285. The highest BCUT2D eigenvalue weighted by Gasteiger charge is 2.22. The highest BCUT2D eigenvalue weighted by atomic mass is 19.1. The Balaban J connectivity index is 2.18. The van der Waals surface area contributed by atoms with Crippen LogP contribution in [0.4, 0.5) is 14.6 Å². The first kappa shape index (κ1) is 9.30. The van der Waals surface area contributed by atoms with Gasteiger partial charge in [-0.25, -0.2) is 18.7 Å². The van der Waals surface area contributed by atoms with Crippen LogP contribution in [-0.2, 0) is 0 Å². The summed E-state index contributed by atoms with van der Waals surface area (Å²) in [6.45, 7) is 0.891. The lowest BCUT2D eigenvalue weighted by atomic mass is 10.1. The van der Waals surface area contributed by atoms with Gasteiger partial charge in [0.2, 0.25) is 0 Å². The van der Waals surface area contributed by atoms with Crippen molar-refractivity contribution in [1.29, 1.82) is 0 Å². The molecule has 0 amide bonds. The molecule has 0 aromatic carbocycles. The highest BCUT2D eigenvalue weighted by Crippen LogP contribution is 2.20. The predicted molar refractivity (Wildman–Crippen MR) is 48.3 cm³/mol. The fourth-order valence-electron chi connectivity index (χ4n) is 1.66. The minimum Gasteiger partial charge on any atom is -0.351 e. The summed E-state index contributed by atoms with van der Waals surface area (Å²) >= 11 is 0. The van der Waals surface area contributed by atoms with E-state index in [0.717, 1.165) is 12.6 Å². The van der Waals surface area contributed by atoms with Gasteiger partial charge >= 0.3 is 0 Å². The van der Waals surface area contributed by atoms with Crippen molar-refractivity contribution in [1.82, 2.24) is 9.97 Å². The molecule has 0 aliphatic carbocycles. The Hall–Kier alpha value is -1.26. The molecule has 0 radical (unpaired) electrons. The second-order valence-corrected chi connectivity index (χ2v) is 3.38. The van der Waals surface area contributed by atoms with Crippen molar-refractivity contribution in [2.24, 2.45) is 0 Å². The van der Waals surface area contributed by atoms with Crippen molar-refractivity contribution >= 4 is 5.82 Å². The molecule has 2 rings (SSSR count). The molecule has 1 aromatic rings. The third kappa shape index (κ3) is 1.81. The SMILES string of the molecule is Fc1cncnc1N1CCCC(F)C1. The summed E-state index contributed by atoms with van der Waals surface area (Å²) in [6.07, 6.45) is 2.80. The molecule has 14 heavy (non-hydrogen) atoms. The van der Waals surface area contributed by atoms with E-state index in [-0.39, 0.29) is 12.4 Å². The summed E-state index contributed by atoms with van der Waals surface area (Å²) in [5.41, 5.74) is 0. The molecule has 0 spiro atoms. The lowest BCUT2D eigenvalue weighted by Crippen LogP contribution is -2.37. The van der Waals surface area contributed by atoms with E-state index in [0.29, 0.717) is 13.0 Å². The van der Waals surface area contributed by atoms with E-state index < -0.39 is 12.0 Å². The Kier molecular flexibility index (Phi) is 2.56. The van der Waals surface area contributed by atoms with Crippen molar-refractivity contribution in [3.63, 3.8) is 0 Å². The molecule has 1 atom stereocenters. The van der Waals surface area contributed by atoms with E-state index in [9.17, 15) is 8.78 Å². The third-order valence-electron chi connectivity index (χ3n) is 2.31. The van der Waals surface area contributed by atoms with Crippen LogP contribution in [0.1, 0.15) is 12.8 Å². The maximum Gasteiger partial charge on any atom is 0.183 e. The largest absolute Gasteiger partial charge is 0.351 e. The number of halogens is 2. The summed E-state index contributed by atoms with van der Waals surface area (Å²) in [4.78, 5) is 8.99. The Morgan fingerprint density at radius 1 is 1.50 bits per heavy atom. The maximum absolute atomic E-state index is 13.2. The number of alkyl halides is 1. The van der Waals surface area contributed by atoms with E-state index in [1.807, 2.05) is 0 Å². The number of anilines is 1. The summed E-state index contributed by atoms with van der Waals surface area (Å²) in [5, 5.41) is 0. The number of aromatic nitrogens is 2. The Labute approximate surface area is 80.8 Å². The molecule has 1 aliphatic heterocycles.